The molecule has 0 bridgehead atoms. The van der Waals surface area contributed by atoms with Crippen LogP contribution in [0.4, 0.5) is 10.1 Å². The molecule has 2 atom stereocenters. The number of alkyl halides is 1. The smallest absolute Gasteiger partial charge is 0.265 e. The van der Waals surface area contributed by atoms with Gasteiger partial charge in [0.1, 0.15) is 18.1 Å². The first-order chi connectivity index (χ1) is 6.31. The molecule has 1 N–H and O–H groups in total. The molecule has 0 amide bonds. The van der Waals surface area contributed by atoms with Crippen LogP contribution in [0.3, 0.4) is 0 Å². The second kappa shape index (κ2) is 3.05. The molecule has 0 saturated heterocycles. The van der Waals surface area contributed by atoms with Crippen molar-refractivity contribution in [3.63, 3.8) is 0 Å². The standard InChI is InChI=1S/C9H8FNO2/c10-9-7(5-12)11-6-3-1-2-4-8(6)13-9/h1-5,7,9,11H. The van der Waals surface area contributed by atoms with Crippen molar-refractivity contribution in [1.82, 2.24) is 0 Å². The molecule has 1 aliphatic rings. The number of ether oxygens (including phenoxy) is 1. The highest BCUT2D eigenvalue weighted by atomic mass is 19.1. The summed E-state index contributed by atoms with van der Waals surface area (Å²) in [6.07, 6.45) is -1.10. The van der Waals surface area contributed by atoms with Gasteiger partial charge in [0.2, 0.25) is 0 Å². The zero-order valence-electron chi connectivity index (χ0n) is 6.74. The monoisotopic (exact) mass is 181 g/mol. The molecular formula is C9H8FNO2. The molecule has 1 aromatic carbocycles. The van der Waals surface area contributed by atoms with Gasteiger partial charge < -0.3 is 14.8 Å². The van der Waals surface area contributed by atoms with E-state index in [0.29, 0.717) is 17.7 Å². The quantitative estimate of drug-likeness (QED) is 0.664. The van der Waals surface area contributed by atoms with Crippen LogP contribution in [-0.2, 0) is 4.79 Å². The van der Waals surface area contributed by atoms with Gasteiger partial charge in [-0.2, -0.15) is 4.39 Å². The number of fused-ring (bicyclic) bond motifs is 1. The van der Waals surface area contributed by atoms with Crippen LogP contribution in [0, 0.1) is 0 Å². The minimum absolute atomic E-state index is 0.438. The van der Waals surface area contributed by atoms with Crippen molar-refractivity contribution in [3.8, 4) is 5.75 Å². The molecule has 13 heavy (non-hydrogen) atoms. The third-order valence-corrected chi connectivity index (χ3v) is 1.88. The molecule has 0 aromatic heterocycles. The summed E-state index contributed by atoms with van der Waals surface area (Å²) in [4.78, 5) is 10.4. The maximum Gasteiger partial charge on any atom is 0.265 e. The van der Waals surface area contributed by atoms with Gasteiger partial charge in [-0.1, -0.05) is 12.1 Å². The van der Waals surface area contributed by atoms with Crippen LogP contribution in [-0.4, -0.2) is 18.7 Å². The van der Waals surface area contributed by atoms with Crippen LogP contribution in [0.25, 0.3) is 0 Å². The fraction of sp³-hybridized carbons (Fsp3) is 0.222. The summed E-state index contributed by atoms with van der Waals surface area (Å²) in [5, 5.41) is 2.73. The van der Waals surface area contributed by atoms with Gasteiger partial charge >= 0.3 is 0 Å². The van der Waals surface area contributed by atoms with Crippen molar-refractivity contribution in [2.24, 2.45) is 0 Å². The van der Waals surface area contributed by atoms with Crippen LogP contribution < -0.4 is 10.1 Å². The van der Waals surface area contributed by atoms with Gasteiger partial charge in [-0.05, 0) is 12.1 Å². The number of nitrogens with one attached hydrogen (secondary N) is 1. The summed E-state index contributed by atoms with van der Waals surface area (Å²) in [5.74, 6) is 0.438. The zero-order chi connectivity index (χ0) is 9.26. The average Bonchev–Trinajstić information content (AvgIpc) is 2.17. The summed E-state index contributed by atoms with van der Waals surface area (Å²) in [6.45, 7) is 0. The Morgan fingerprint density at radius 1 is 1.46 bits per heavy atom. The third-order valence-electron chi connectivity index (χ3n) is 1.88. The second-order valence-corrected chi connectivity index (χ2v) is 2.77. The van der Waals surface area contributed by atoms with Gasteiger partial charge in [-0.25, -0.2) is 0 Å². The summed E-state index contributed by atoms with van der Waals surface area (Å²) >= 11 is 0. The molecule has 2 unspecified atom stereocenters. The summed E-state index contributed by atoms with van der Waals surface area (Å²) in [7, 11) is 0. The Morgan fingerprint density at radius 2 is 2.23 bits per heavy atom. The van der Waals surface area contributed by atoms with Crippen molar-refractivity contribution in [1.29, 1.82) is 0 Å². The molecule has 1 aromatic rings. The number of rotatable bonds is 1. The normalized spacial score (nSPS) is 25.3. The second-order valence-electron chi connectivity index (χ2n) is 2.77. The molecule has 0 saturated carbocycles. The highest BCUT2D eigenvalue weighted by Gasteiger charge is 2.28. The molecule has 4 heteroatoms. The van der Waals surface area contributed by atoms with Crippen molar-refractivity contribution < 1.29 is 13.9 Å². The lowest BCUT2D eigenvalue weighted by Crippen LogP contribution is -2.39. The van der Waals surface area contributed by atoms with E-state index in [2.05, 4.69) is 5.32 Å². The SMILES string of the molecule is O=CC1Nc2ccccc2OC1F. The van der Waals surface area contributed by atoms with E-state index < -0.39 is 12.4 Å². The van der Waals surface area contributed by atoms with Crippen LogP contribution in [0.15, 0.2) is 24.3 Å². The first-order valence-electron chi connectivity index (χ1n) is 3.93. The van der Waals surface area contributed by atoms with Gasteiger partial charge in [0.25, 0.3) is 6.36 Å². The maximum atomic E-state index is 13.0. The lowest BCUT2D eigenvalue weighted by molar-refractivity contribution is -0.112. The number of benzene rings is 1. The molecule has 0 radical (unpaired) electrons. The Kier molecular flexibility index (Phi) is 1.88. The predicted octanol–water partition coefficient (Wildman–Crippen LogP) is 1.35. The van der Waals surface area contributed by atoms with Crippen LogP contribution in [0.1, 0.15) is 0 Å². The van der Waals surface area contributed by atoms with E-state index in [1.807, 2.05) is 0 Å². The highest BCUT2D eigenvalue weighted by molar-refractivity contribution is 5.70. The number of carbonyl (C=O) groups is 1. The van der Waals surface area contributed by atoms with E-state index in [1.54, 1.807) is 24.3 Å². The number of hydrogen-bond donors (Lipinski definition) is 1. The lowest BCUT2D eigenvalue weighted by Gasteiger charge is -2.26. The third kappa shape index (κ3) is 1.35. The van der Waals surface area contributed by atoms with Crippen LogP contribution in [0.5, 0.6) is 5.75 Å². The lowest BCUT2D eigenvalue weighted by atomic mass is 10.2. The van der Waals surface area contributed by atoms with E-state index in [-0.39, 0.29) is 0 Å². The molecular weight excluding hydrogens is 173 g/mol. The first-order valence-corrected chi connectivity index (χ1v) is 3.93. The van der Waals surface area contributed by atoms with E-state index >= 15 is 0 Å². The topological polar surface area (TPSA) is 38.3 Å². The van der Waals surface area contributed by atoms with Crippen LogP contribution >= 0.6 is 0 Å². The maximum absolute atomic E-state index is 13.0. The largest absolute Gasteiger partial charge is 0.456 e. The fourth-order valence-electron chi connectivity index (χ4n) is 1.22. The van der Waals surface area contributed by atoms with Gasteiger partial charge in [0.15, 0.2) is 0 Å². The highest BCUT2D eigenvalue weighted by Crippen LogP contribution is 2.30. The molecule has 0 fully saturated rings. The fourth-order valence-corrected chi connectivity index (χ4v) is 1.22. The molecule has 1 heterocycles. The molecule has 68 valence electrons. The minimum atomic E-state index is -1.60. The number of anilines is 1. The van der Waals surface area contributed by atoms with Crippen molar-refractivity contribution in [2.75, 3.05) is 5.32 Å². The summed E-state index contributed by atoms with van der Waals surface area (Å²) in [5.41, 5.74) is 0.647. The number of para-hydroxylation sites is 2. The first kappa shape index (κ1) is 8.04. The van der Waals surface area contributed by atoms with Crippen molar-refractivity contribution in [3.05, 3.63) is 24.3 Å². The Hall–Kier alpha value is -1.58. The van der Waals surface area contributed by atoms with Gasteiger partial charge in [0, 0.05) is 0 Å². The van der Waals surface area contributed by atoms with E-state index in [1.165, 1.54) is 0 Å². The molecule has 2 rings (SSSR count). The van der Waals surface area contributed by atoms with Crippen LogP contribution in [0.2, 0.25) is 0 Å². The Balaban J connectivity index is 2.32. The zero-order valence-corrected chi connectivity index (χ0v) is 6.74. The summed E-state index contributed by atoms with van der Waals surface area (Å²) < 4.78 is 17.9. The molecule has 3 nitrogen and oxygen atoms in total. The molecule has 1 aliphatic heterocycles. The Bertz CT molecular complexity index is 329. The number of hydrogen-bond acceptors (Lipinski definition) is 3. The predicted molar refractivity (Wildman–Crippen MR) is 45.4 cm³/mol. The number of aldehydes is 1. The van der Waals surface area contributed by atoms with Gasteiger partial charge in [-0.3, -0.25) is 0 Å². The number of halogens is 1. The van der Waals surface area contributed by atoms with E-state index in [4.69, 9.17) is 4.74 Å². The van der Waals surface area contributed by atoms with Gasteiger partial charge in [-0.15, -0.1) is 0 Å². The average molecular weight is 181 g/mol. The van der Waals surface area contributed by atoms with E-state index in [9.17, 15) is 9.18 Å². The van der Waals surface area contributed by atoms with E-state index in [0.717, 1.165) is 0 Å². The van der Waals surface area contributed by atoms with Gasteiger partial charge in [0.05, 0.1) is 5.69 Å². The Labute approximate surface area is 74.5 Å². The van der Waals surface area contributed by atoms with Crippen molar-refractivity contribution in [2.45, 2.75) is 12.4 Å². The molecule has 0 aliphatic carbocycles. The summed E-state index contributed by atoms with van der Waals surface area (Å²) in [6, 6.07) is 6.01. The Morgan fingerprint density at radius 3 is 3.00 bits per heavy atom. The minimum Gasteiger partial charge on any atom is -0.456 e. The molecule has 0 spiro atoms. The van der Waals surface area contributed by atoms with Crippen molar-refractivity contribution >= 4 is 12.0 Å². The number of carbonyl (C=O) groups excluding carboxylic acids is 1.